The number of carboxylic acid groups (broad SMARTS) is 1. The summed E-state index contributed by atoms with van der Waals surface area (Å²) in [5.41, 5.74) is 1.18. The maximum Gasteiger partial charge on any atom is 0.320 e. The highest BCUT2D eigenvalue weighted by atomic mass is 35.5. The number of alkyl halides is 1. The second kappa shape index (κ2) is 8.26. The van der Waals surface area contributed by atoms with Crippen molar-refractivity contribution in [2.24, 2.45) is 0 Å². The topological polar surface area (TPSA) is 49.3 Å². The quantitative estimate of drug-likeness (QED) is 0.781. The average molecular weight is 230 g/mol. The summed E-state index contributed by atoms with van der Waals surface area (Å²) < 4.78 is 0. The van der Waals surface area contributed by atoms with Gasteiger partial charge in [0.25, 0.3) is 0 Å². The van der Waals surface area contributed by atoms with Crippen molar-refractivity contribution in [3.8, 4) is 0 Å². The number of likely N-dealkylation sites (N-methyl/N-ethyl adjacent to an activating group) is 1. The summed E-state index contributed by atoms with van der Waals surface area (Å²) in [6, 6.07) is 9.53. The Morgan fingerprint density at radius 1 is 1.47 bits per heavy atom. The van der Waals surface area contributed by atoms with Crippen LogP contribution in [0.5, 0.6) is 0 Å². The molecule has 0 spiro atoms. The van der Waals surface area contributed by atoms with Crippen LogP contribution in [0.1, 0.15) is 12.5 Å². The van der Waals surface area contributed by atoms with E-state index in [1.807, 2.05) is 30.3 Å². The van der Waals surface area contributed by atoms with Crippen molar-refractivity contribution in [3.63, 3.8) is 0 Å². The van der Waals surface area contributed by atoms with E-state index in [-0.39, 0.29) is 0 Å². The number of hydrogen-bond acceptors (Lipinski definition) is 2. The van der Waals surface area contributed by atoms with E-state index in [4.69, 9.17) is 16.7 Å². The zero-order valence-corrected chi connectivity index (χ0v) is 9.66. The van der Waals surface area contributed by atoms with Gasteiger partial charge in [-0.25, -0.2) is 0 Å². The van der Waals surface area contributed by atoms with Gasteiger partial charge >= 0.3 is 5.97 Å². The predicted octanol–water partition coefficient (Wildman–Crippen LogP) is 2.10. The first-order valence-corrected chi connectivity index (χ1v) is 5.15. The largest absolute Gasteiger partial charge is 0.480 e. The van der Waals surface area contributed by atoms with Gasteiger partial charge in [0.15, 0.2) is 0 Å². The molecule has 0 aromatic heterocycles. The average Bonchev–Trinajstić information content (AvgIpc) is 2.29. The Kier molecular flexibility index (Phi) is 7.68. The third-order valence-electron chi connectivity index (χ3n) is 1.80. The van der Waals surface area contributed by atoms with Gasteiger partial charge in [-0.15, -0.1) is 11.6 Å². The Labute approximate surface area is 95.1 Å². The molecule has 0 radical (unpaired) electrons. The molecule has 1 rings (SSSR count). The van der Waals surface area contributed by atoms with Gasteiger partial charge in [0, 0.05) is 5.88 Å². The van der Waals surface area contributed by atoms with Gasteiger partial charge in [-0.1, -0.05) is 30.3 Å². The van der Waals surface area contributed by atoms with Crippen molar-refractivity contribution >= 4 is 17.6 Å². The number of nitrogens with one attached hydrogen (secondary N) is 1. The van der Waals surface area contributed by atoms with Crippen LogP contribution in [0, 0.1) is 0 Å². The molecule has 1 aromatic rings. The van der Waals surface area contributed by atoms with Gasteiger partial charge in [-0.2, -0.15) is 0 Å². The SMILES string of the molecule is CNC(C)C(=O)O.ClCc1ccccc1. The number of aliphatic carboxylic acids is 1. The molecule has 2 N–H and O–H groups in total. The molecule has 0 aliphatic carbocycles. The van der Waals surface area contributed by atoms with Crippen molar-refractivity contribution < 1.29 is 9.90 Å². The highest BCUT2D eigenvalue weighted by Gasteiger charge is 2.04. The molecule has 1 aromatic carbocycles. The molecule has 3 nitrogen and oxygen atoms in total. The lowest BCUT2D eigenvalue weighted by Crippen LogP contribution is -2.29. The molecule has 0 amide bonds. The van der Waals surface area contributed by atoms with E-state index in [9.17, 15) is 4.79 Å². The molecule has 0 saturated heterocycles. The molecule has 4 heteroatoms. The summed E-state index contributed by atoms with van der Waals surface area (Å²) in [6.45, 7) is 1.59. The van der Waals surface area contributed by atoms with Crippen LogP contribution in [0.4, 0.5) is 0 Å². The number of benzene rings is 1. The second-order valence-corrected chi connectivity index (χ2v) is 3.24. The molecular formula is C11H16ClNO2. The van der Waals surface area contributed by atoms with Crippen LogP contribution in [0.15, 0.2) is 30.3 Å². The van der Waals surface area contributed by atoms with E-state index in [0.29, 0.717) is 5.88 Å². The molecule has 0 heterocycles. The van der Waals surface area contributed by atoms with Crippen molar-refractivity contribution in [2.45, 2.75) is 18.8 Å². The van der Waals surface area contributed by atoms with Crippen LogP contribution in [0.2, 0.25) is 0 Å². The maximum atomic E-state index is 9.87. The van der Waals surface area contributed by atoms with Crippen LogP contribution in [-0.4, -0.2) is 24.2 Å². The molecule has 15 heavy (non-hydrogen) atoms. The number of carbonyl (C=O) groups is 1. The van der Waals surface area contributed by atoms with Gasteiger partial charge in [0.05, 0.1) is 0 Å². The number of rotatable bonds is 3. The monoisotopic (exact) mass is 229 g/mol. The molecule has 0 aliphatic rings. The Morgan fingerprint density at radius 2 is 2.00 bits per heavy atom. The normalized spacial score (nSPS) is 11.1. The van der Waals surface area contributed by atoms with Crippen LogP contribution >= 0.6 is 11.6 Å². The minimum Gasteiger partial charge on any atom is -0.480 e. The fourth-order valence-corrected chi connectivity index (χ4v) is 0.869. The zero-order chi connectivity index (χ0) is 11.7. The lowest BCUT2D eigenvalue weighted by molar-refractivity contribution is -0.138. The van der Waals surface area contributed by atoms with Crippen molar-refractivity contribution in [3.05, 3.63) is 35.9 Å². The first-order chi connectivity index (χ1) is 7.11. The third kappa shape index (κ3) is 6.94. The Bertz CT molecular complexity index is 277. The second-order valence-electron chi connectivity index (χ2n) is 2.97. The maximum absolute atomic E-state index is 9.87. The summed E-state index contributed by atoms with van der Waals surface area (Å²) in [5, 5.41) is 10.7. The summed E-state index contributed by atoms with van der Waals surface area (Å²) in [6.07, 6.45) is 0. The van der Waals surface area contributed by atoms with Crippen LogP contribution in [-0.2, 0) is 10.7 Å². The minimum absolute atomic E-state index is 0.431. The molecule has 1 atom stereocenters. The van der Waals surface area contributed by atoms with E-state index in [1.54, 1.807) is 14.0 Å². The first-order valence-electron chi connectivity index (χ1n) is 4.61. The van der Waals surface area contributed by atoms with E-state index in [1.165, 1.54) is 5.56 Å². The first kappa shape index (κ1) is 13.9. The minimum atomic E-state index is -0.817. The van der Waals surface area contributed by atoms with Gasteiger partial charge in [0.1, 0.15) is 6.04 Å². The van der Waals surface area contributed by atoms with Crippen LogP contribution in [0.3, 0.4) is 0 Å². The van der Waals surface area contributed by atoms with Crippen LogP contribution in [0.25, 0.3) is 0 Å². The zero-order valence-electron chi connectivity index (χ0n) is 8.90. The van der Waals surface area contributed by atoms with E-state index >= 15 is 0 Å². The molecule has 0 fully saturated rings. The van der Waals surface area contributed by atoms with Gasteiger partial charge in [-0.05, 0) is 19.5 Å². The summed E-state index contributed by atoms with van der Waals surface area (Å²) in [4.78, 5) is 9.87. The van der Waals surface area contributed by atoms with E-state index in [2.05, 4.69) is 5.32 Å². The van der Waals surface area contributed by atoms with Gasteiger partial charge < -0.3 is 10.4 Å². The Balaban J connectivity index is 0.000000265. The van der Waals surface area contributed by atoms with Crippen molar-refractivity contribution in [1.29, 1.82) is 0 Å². The molecule has 0 saturated carbocycles. The fraction of sp³-hybridized carbons (Fsp3) is 0.364. The molecule has 0 bridgehead atoms. The van der Waals surface area contributed by atoms with Gasteiger partial charge in [0.2, 0.25) is 0 Å². The highest BCUT2D eigenvalue weighted by molar-refractivity contribution is 6.17. The Hall–Kier alpha value is -1.06. The number of carboxylic acids is 1. The van der Waals surface area contributed by atoms with Crippen LogP contribution < -0.4 is 5.32 Å². The van der Waals surface area contributed by atoms with Crippen molar-refractivity contribution in [1.82, 2.24) is 5.32 Å². The predicted molar refractivity (Wildman–Crippen MR) is 62.2 cm³/mol. The third-order valence-corrected chi connectivity index (χ3v) is 2.11. The lowest BCUT2D eigenvalue weighted by atomic mass is 10.2. The summed E-state index contributed by atoms with van der Waals surface area (Å²) in [5.74, 6) is -0.205. The molecule has 84 valence electrons. The lowest BCUT2D eigenvalue weighted by Gasteiger charge is -1.99. The molecule has 0 aliphatic heterocycles. The standard InChI is InChI=1S/C7H7Cl.C4H9NO2/c8-6-7-4-2-1-3-5-7;1-3(5-2)4(6)7/h1-5H,6H2;3,5H,1-2H3,(H,6,7). The van der Waals surface area contributed by atoms with Crippen molar-refractivity contribution in [2.75, 3.05) is 7.05 Å². The summed E-state index contributed by atoms with van der Waals surface area (Å²) >= 11 is 5.53. The highest BCUT2D eigenvalue weighted by Crippen LogP contribution is 2.00. The summed E-state index contributed by atoms with van der Waals surface area (Å²) in [7, 11) is 1.61. The fourth-order valence-electron chi connectivity index (χ4n) is 0.691. The van der Waals surface area contributed by atoms with Gasteiger partial charge in [-0.3, -0.25) is 4.79 Å². The Morgan fingerprint density at radius 3 is 2.20 bits per heavy atom. The van der Waals surface area contributed by atoms with E-state index < -0.39 is 12.0 Å². The van der Waals surface area contributed by atoms with E-state index in [0.717, 1.165) is 0 Å². The molecular weight excluding hydrogens is 214 g/mol. The number of hydrogen-bond donors (Lipinski definition) is 2. The smallest absolute Gasteiger partial charge is 0.320 e. The number of halogens is 1. The molecule has 1 unspecified atom stereocenters.